The van der Waals surface area contributed by atoms with Crippen LogP contribution in [-0.2, 0) is 20.7 Å². The number of carbonyl (C=O) groups is 2. The Morgan fingerprint density at radius 3 is 2.83 bits per heavy atom. The van der Waals surface area contributed by atoms with E-state index in [-0.39, 0.29) is 5.91 Å². The monoisotopic (exact) mass is 329 g/mol. The van der Waals surface area contributed by atoms with Gasteiger partial charge in [-0.15, -0.1) is 0 Å². The highest BCUT2D eigenvalue weighted by Crippen LogP contribution is 2.29. The number of hydrogen-bond donors (Lipinski definition) is 3. The van der Waals surface area contributed by atoms with Crippen LogP contribution in [0.15, 0.2) is 30.5 Å². The van der Waals surface area contributed by atoms with Crippen LogP contribution in [-0.4, -0.2) is 29.1 Å². The maximum absolute atomic E-state index is 12.5. The number of nitrogens with two attached hydrogens (primary N) is 1. The molecule has 4 N–H and O–H groups in total. The summed E-state index contributed by atoms with van der Waals surface area (Å²) in [5, 5.41) is 3.93. The summed E-state index contributed by atoms with van der Waals surface area (Å²) in [5.74, 6) is -0.288. The van der Waals surface area contributed by atoms with E-state index in [4.69, 9.17) is 10.5 Å². The van der Waals surface area contributed by atoms with Crippen molar-refractivity contribution in [3.8, 4) is 0 Å². The van der Waals surface area contributed by atoms with Crippen molar-refractivity contribution in [1.82, 2.24) is 10.3 Å². The normalized spacial score (nSPS) is 18.0. The molecule has 0 radical (unpaired) electrons. The smallest absolute Gasteiger partial charge is 0.295 e. The lowest BCUT2D eigenvalue weighted by Gasteiger charge is -2.36. The second kappa shape index (κ2) is 7.05. The van der Waals surface area contributed by atoms with Gasteiger partial charge in [-0.1, -0.05) is 24.6 Å². The van der Waals surface area contributed by atoms with Crippen LogP contribution in [0.25, 0.3) is 10.9 Å². The number of ether oxygens (including phenoxy) is 1. The molecule has 0 aliphatic heterocycles. The molecule has 0 spiro atoms. The fourth-order valence-electron chi connectivity index (χ4n) is 3.43. The van der Waals surface area contributed by atoms with Crippen LogP contribution in [0.4, 0.5) is 0 Å². The minimum atomic E-state index is -0.894. The third kappa shape index (κ3) is 3.43. The number of hydrogen-bond acceptors (Lipinski definition) is 4. The molecule has 3 rings (SSSR count). The summed E-state index contributed by atoms with van der Waals surface area (Å²) in [7, 11) is 0. The first-order valence-electron chi connectivity index (χ1n) is 8.38. The first-order valence-corrected chi connectivity index (χ1v) is 8.38. The molecule has 1 aromatic carbocycles. The molecule has 1 heterocycles. The Balaban J connectivity index is 1.68. The third-order valence-corrected chi connectivity index (χ3v) is 4.74. The Morgan fingerprint density at radius 1 is 1.33 bits per heavy atom. The van der Waals surface area contributed by atoms with Crippen molar-refractivity contribution < 1.29 is 14.3 Å². The molecule has 6 nitrogen and oxygen atoms in total. The molecule has 1 amide bonds. The molecule has 1 aromatic heterocycles. The average molecular weight is 329 g/mol. The summed E-state index contributed by atoms with van der Waals surface area (Å²) in [6.45, 7) is 0.413. The van der Waals surface area contributed by atoms with Crippen LogP contribution in [0, 0.1) is 0 Å². The van der Waals surface area contributed by atoms with Crippen LogP contribution < -0.4 is 11.1 Å². The van der Waals surface area contributed by atoms with E-state index in [1.54, 1.807) is 0 Å². The van der Waals surface area contributed by atoms with Crippen LogP contribution in [0.5, 0.6) is 0 Å². The summed E-state index contributed by atoms with van der Waals surface area (Å²) in [6, 6.07) is 7.21. The molecule has 1 aliphatic carbocycles. The summed E-state index contributed by atoms with van der Waals surface area (Å²) >= 11 is 0. The van der Waals surface area contributed by atoms with Crippen molar-refractivity contribution in [3.05, 3.63) is 36.0 Å². The van der Waals surface area contributed by atoms with E-state index in [0.29, 0.717) is 25.7 Å². The molecule has 1 aliphatic rings. The van der Waals surface area contributed by atoms with Crippen LogP contribution >= 0.6 is 0 Å². The highest BCUT2D eigenvalue weighted by Gasteiger charge is 2.36. The van der Waals surface area contributed by atoms with E-state index in [0.717, 1.165) is 35.7 Å². The Morgan fingerprint density at radius 2 is 2.08 bits per heavy atom. The molecular weight excluding hydrogens is 306 g/mol. The number of fused-ring (bicyclic) bond motifs is 1. The van der Waals surface area contributed by atoms with Gasteiger partial charge in [-0.25, -0.2) is 0 Å². The molecule has 2 aromatic rings. The van der Waals surface area contributed by atoms with Gasteiger partial charge in [0, 0.05) is 29.9 Å². The number of para-hydroxylation sites is 1. The molecule has 1 atom stereocenters. The number of benzene rings is 1. The predicted molar refractivity (Wildman–Crippen MR) is 91.1 cm³/mol. The minimum absolute atomic E-state index is 0.288. The number of rotatable bonds is 6. The molecule has 24 heavy (non-hydrogen) atoms. The van der Waals surface area contributed by atoms with E-state index in [1.165, 1.54) is 0 Å². The molecule has 0 bridgehead atoms. The van der Waals surface area contributed by atoms with Crippen molar-refractivity contribution in [3.63, 3.8) is 0 Å². The second-order valence-corrected chi connectivity index (χ2v) is 6.43. The fraction of sp³-hybridized carbons (Fsp3) is 0.444. The van der Waals surface area contributed by atoms with Gasteiger partial charge in [-0.3, -0.25) is 9.59 Å². The molecule has 1 fully saturated rings. The van der Waals surface area contributed by atoms with Gasteiger partial charge in [0.2, 0.25) is 5.91 Å². The van der Waals surface area contributed by atoms with Gasteiger partial charge in [0.05, 0.1) is 6.04 Å². The average Bonchev–Trinajstić information content (AvgIpc) is 2.99. The number of aromatic nitrogens is 1. The summed E-state index contributed by atoms with van der Waals surface area (Å²) in [5.41, 5.74) is 7.23. The first kappa shape index (κ1) is 16.5. The lowest BCUT2D eigenvalue weighted by molar-refractivity contribution is -0.156. The standard InChI is InChI=1S/C18H23N3O3/c19-15(10-13-11-20-16-7-3-2-6-14(13)16)17(23)21-18(24-12-22)8-4-1-5-9-18/h2-3,6-7,11-12,15,20H,1,4-5,8-10,19H2,(H,21,23). The van der Waals surface area contributed by atoms with E-state index < -0.39 is 11.8 Å². The van der Waals surface area contributed by atoms with E-state index >= 15 is 0 Å². The van der Waals surface area contributed by atoms with Crippen molar-refractivity contribution in [2.24, 2.45) is 5.73 Å². The topological polar surface area (TPSA) is 97.2 Å². The van der Waals surface area contributed by atoms with Crippen LogP contribution in [0.2, 0.25) is 0 Å². The maximum Gasteiger partial charge on any atom is 0.295 e. The second-order valence-electron chi connectivity index (χ2n) is 6.43. The number of nitrogens with one attached hydrogen (secondary N) is 2. The quantitative estimate of drug-likeness (QED) is 0.557. The number of H-pyrrole nitrogens is 1. The largest absolute Gasteiger partial charge is 0.441 e. The zero-order chi connectivity index (χ0) is 17.0. The first-order chi connectivity index (χ1) is 11.6. The van der Waals surface area contributed by atoms with Crippen molar-refractivity contribution >= 4 is 23.3 Å². The summed E-state index contributed by atoms with van der Waals surface area (Å²) in [6.07, 6.45) is 6.51. The lowest BCUT2D eigenvalue weighted by atomic mass is 9.91. The summed E-state index contributed by atoms with van der Waals surface area (Å²) in [4.78, 5) is 26.5. The van der Waals surface area contributed by atoms with Crippen molar-refractivity contribution in [2.75, 3.05) is 0 Å². The fourth-order valence-corrected chi connectivity index (χ4v) is 3.43. The van der Waals surface area contributed by atoms with Gasteiger partial charge in [0.15, 0.2) is 5.72 Å². The van der Waals surface area contributed by atoms with Crippen LogP contribution in [0.3, 0.4) is 0 Å². The SMILES string of the molecule is NC(Cc1c[nH]c2ccccc12)C(=O)NC1(OC=O)CCCCC1. The Bertz CT molecular complexity index is 719. The van der Waals surface area contributed by atoms with Crippen molar-refractivity contribution in [1.29, 1.82) is 0 Å². The van der Waals surface area contributed by atoms with E-state index in [1.807, 2.05) is 30.5 Å². The maximum atomic E-state index is 12.5. The predicted octanol–water partition coefficient (Wildman–Crippen LogP) is 1.99. The van der Waals surface area contributed by atoms with Gasteiger partial charge in [-0.05, 0) is 30.9 Å². The Kier molecular flexibility index (Phi) is 4.85. The molecular formula is C18H23N3O3. The van der Waals surface area contributed by atoms with Gasteiger partial charge < -0.3 is 20.8 Å². The van der Waals surface area contributed by atoms with Crippen LogP contribution in [0.1, 0.15) is 37.7 Å². The molecule has 1 unspecified atom stereocenters. The zero-order valence-corrected chi connectivity index (χ0v) is 13.6. The molecule has 1 saturated carbocycles. The Hall–Kier alpha value is -2.34. The zero-order valence-electron chi connectivity index (χ0n) is 13.6. The Labute approximate surface area is 140 Å². The van der Waals surface area contributed by atoms with Gasteiger partial charge in [0.25, 0.3) is 6.47 Å². The molecule has 6 heteroatoms. The molecule has 0 saturated heterocycles. The summed E-state index contributed by atoms with van der Waals surface area (Å²) < 4.78 is 5.22. The van der Waals surface area contributed by atoms with Gasteiger partial charge in [0.1, 0.15) is 0 Å². The minimum Gasteiger partial charge on any atom is -0.441 e. The lowest BCUT2D eigenvalue weighted by Crippen LogP contribution is -2.56. The molecule has 128 valence electrons. The van der Waals surface area contributed by atoms with Gasteiger partial charge in [-0.2, -0.15) is 0 Å². The third-order valence-electron chi connectivity index (χ3n) is 4.74. The van der Waals surface area contributed by atoms with Gasteiger partial charge >= 0.3 is 0 Å². The highest BCUT2D eigenvalue weighted by atomic mass is 16.6. The highest BCUT2D eigenvalue weighted by molar-refractivity contribution is 5.86. The van der Waals surface area contributed by atoms with Crippen molar-refractivity contribution in [2.45, 2.75) is 50.3 Å². The number of amides is 1. The van der Waals surface area contributed by atoms with E-state index in [2.05, 4.69) is 10.3 Å². The van der Waals surface area contributed by atoms with E-state index in [9.17, 15) is 9.59 Å². The number of aromatic amines is 1. The number of carbonyl (C=O) groups excluding carboxylic acids is 2.